The van der Waals surface area contributed by atoms with Crippen molar-refractivity contribution < 1.29 is 33.4 Å². The summed E-state index contributed by atoms with van der Waals surface area (Å²) in [6.07, 6.45) is -1.49. The van der Waals surface area contributed by atoms with Gasteiger partial charge >= 0.3 is 12.1 Å². The van der Waals surface area contributed by atoms with E-state index in [0.29, 0.717) is 0 Å². The summed E-state index contributed by atoms with van der Waals surface area (Å²) >= 11 is 0. The molecule has 1 aromatic rings. The molecule has 116 valence electrons. The Morgan fingerprint density at radius 3 is 2.41 bits per heavy atom. The summed E-state index contributed by atoms with van der Waals surface area (Å²) < 4.78 is 23.1. The quantitative estimate of drug-likeness (QED) is 0.823. The van der Waals surface area contributed by atoms with Crippen LogP contribution in [0.4, 0.5) is 9.18 Å². The normalized spacial score (nSPS) is 20.6. The number of carbonyl (C=O) groups excluding carboxylic acids is 2. The first-order valence-corrected chi connectivity index (χ1v) is 6.16. The highest BCUT2D eigenvalue weighted by Gasteiger charge is 2.49. The van der Waals surface area contributed by atoms with E-state index in [1.165, 1.54) is 19.1 Å². The van der Waals surface area contributed by atoms with Crippen molar-refractivity contribution in [1.82, 2.24) is 5.32 Å². The van der Waals surface area contributed by atoms with Gasteiger partial charge in [0.05, 0.1) is 0 Å². The lowest BCUT2D eigenvalue weighted by molar-refractivity contribution is -0.142. The minimum Gasteiger partial charge on any atom is -0.465 e. The van der Waals surface area contributed by atoms with Gasteiger partial charge in [0.25, 0.3) is 5.78 Å². The maximum absolute atomic E-state index is 13.0. The Bertz CT molecular complexity index is 681. The summed E-state index contributed by atoms with van der Waals surface area (Å²) in [4.78, 5) is 34.3. The van der Waals surface area contributed by atoms with E-state index in [4.69, 9.17) is 14.6 Å². The van der Waals surface area contributed by atoms with Crippen molar-refractivity contribution in [3.8, 4) is 0 Å². The van der Waals surface area contributed by atoms with Crippen LogP contribution >= 0.6 is 0 Å². The summed E-state index contributed by atoms with van der Waals surface area (Å²) in [7, 11) is 0. The lowest BCUT2D eigenvalue weighted by Gasteiger charge is -2.23. The zero-order valence-corrected chi connectivity index (χ0v) is 11.7. The van der Waals surface area contributed by atoms with Crippen molar-refractivity contribution in [2.75, 3.05) is 0 Å². The highest BCUT2D eigenvalue weighted by atomic mass is 19.1. The summed E-state index contributed by atoms with van der Waals surface area (Å²) in [6.45, 7) is 2.43. The number of Topliss-reactive ketones (excluding diaryl/α,β-unsaturated/α-hetero) is 1. The van der Waals surface area contributed by atoms with Crippen LogP contribution < -0.4 is 5.32 Å². The first-order valence-electron chi connectivity index (χ1n) is 6.16. The van der Waals surface area contributed by atoms with Crippen molar-refractivity contribution in [3.05, 3.63) is 47.3 Å². The van der Waals surface area contributed by atoms with Crippen LogP contribution in [-0.4, -0.2) is 23.0 Å². The molecule has 1 heterocycles. The summed E-state index contributed by atoms with van der Waals surface area (Å²) in [5.74, 6) is -3.09. The SMILES string of the molecule is CC(=O)OC1=C(NC(=O)O)OC(C)(c2ccc(F)cc2)C1=O. The fraction of sp³-hybridized carbons (Fsp3) is 0.214. The molecule has 0 spiro atoms. The Balaban J connectivity index is 2.42. The number of carbonyl (C=O) groups is 3. The van der Waals surface area contributed by atoms with Gasteiger partial charge in [0.1, 0.15) is 5.82 Å². The number of amides is 1. The number of halogens is 1. The zero-order valence-electron chi connectivity index (χ0n) is 11.7. The molecule has 0 saturated heterocycles. The molecule has 1 aliphatic rings. The van der Waals surface area contributed by atoms with Crippen LogP contribution in [0.25, 0.3) is 0 Å². The van der Waals surface area contributed by atoms with Gasteiger partial charge < -0.3 is 14.6 Å². The van der Waals surface area contributed by atoms with E-state index in [9.17, 15) is 18.8 Å². The second kappa shape index (κ2) is 5.47. The highest BCUT2D eigenvalue weighted by Crippen LogP contribution is 2.38. The molecule has 2 rings (SSSR count). The fourth-order valence-corrected chi connectivity index (χ4v) is 1.99. The standard InChI is InChI=1S/C14H12FNO6/c1-7(17)21-10-11(18)14(2,22-12(10)16-13(19)20)8-3-5-9(15)6-4-8/h3-6,16H,1-2H3,(H,19,20). The molecule has 1 aromatic carbocycles. The van der Waals surface area contributed by atoms with Crippen LogP contribution in [-0.2, 0) is 24.7 Å². The number of ether oxygens (including phenoxy) is 2. The molecule has 0 saturated carbocycles. The molecule has 1 unspecified atom stereocenters. The second-order valence-corrected chi connectivity index (χ2v) is 4.65. The molecule has 22 heavy (non-hydrogen) atoms. The van der Waals surface area contributed by atoms with E-state index >= 15 is 0 Å². The third-order valence-corrected chi connectivity index (χ3v) is 3.01. The van der Waals surface area contributed by atoms with Gasteiger partial charge in [-0.15, -0.1) is 0 Å². The average Bonchev–Trinajstić information content (AvgIpc) is 2.64. The Hall–Kier alpha value is -2.90. The van der Waals surface area contributed by atoms with Gasteiger partial charge in [0, 0.05) is 12.5 Å². The summed E-state index contributed by atoms with van der Waals surface area (Å²) in [6, 6.07) is 4.90. The van der Waals surface area contributed by atoms with Gasteiger partial charge in [-0.05, 0) is 19.1 Å². The molecule has 0 fully saturated rings. The second-order valence-electron chi connectivity index (χ2n) is 4.65. The van der Waals surface area contributed by atoms with Gasteiger partial charge in [-0.1, -0.05) is 12.1 Å². The van der Waals surface area contributed by atoms with E-state index in [2.05, 4.69) is 0 Å². The lowest BCUT2D eigenvalue weighted by atomic mass is 9.91. The van der Waals surface area contributed by atoms with E-state index < -0.39 is 40.9 Å². The van der Waals surface area contributed by atoms with Crippen LogP contribution in [0.1, 0.15) is 19.4 Å². The number of nitrogens with one attached hydrogen (secondary N) is 1. The molecule has 0 bridgehead atoms. The first kappa shape index (κ1) is 15.5. The number of ketones is 1. The number of benzene rings is 1. The predicted molar refractivity (Wildman–Crippen MR) is 69.8 cm³/mol. The van der Waals surface area contributed by atoms with E-state index in [1.807, 2.05) is 5.32 Å². The lowest BCUT2D eigenvalue weighted by Crippen LogP contribution is -2.32. The molecule has 0 aliphatic carbocycles. The first-order chi connectivity index (χ1) is 10.2. The van der Waals surface area contributed by atoms with Crippen LogP contribution in [0.3, 0.4) is 0 Å². The Morgan fingerprint density at radius 2 is 1.91 bits per heavy atom. The zero-order chi connectivity index (χ0) is 16.5. The van der Waals surface area contributed by atoms with Gasteiger partial charge in [0.15, 0.2) is 5.60 Å². The monoisotopic (exact) mass is 309 g/mol. The number of hydrogen-bond donors (Lipinski definition) is 2. The van der Waals surface area contributed by atoms with Crippen LogP contribution in [0.15, 0.2) is 35.9 Å². The fourth-order valence-electron chi connectivity index (χ4n) is 1.99. The third kappa shape index (κ3) is 2.76. The third-order valence-electron chi connectivity index (χ3n) is 3.01. The molecule has 0 aromatic heterocycles. The van der Waals surface area contributed by atoms with Crippen molar-refractivity contribution in [1.29, 1.82) is 0 Å². The Labute approximate surface area is 124 Å². The van der Waals surface area contributed by atoms with E-state index in [-0.39, 0.29) is 5.56 Å². The van der Waals surface area contributed by atoms with Crippen molar-refractivity contribution in [3.63, 3.8) is 0 Å². The summed E-state index contributed by atoms with van der Waals surface area (Å²) in [5, 5.41) is 10.6. The topological polar surface area (TPSA) is 102 Å². The molecule has 1 aliphatic heterocycles. The van der Waals surface area contributed by atoms with Gasteiger partial charge in [0.2, 0.25) is 11.6 Å². The molecule has 1 atom stereocenters. The molecule has 8 heteroatoms. The van der Waals surface area contributed by atoms with Crippen LogP contribution in [0.2, 0.25) is 0 Å². The highest BCUT2D eigenvalue weighted by molar-refractivity contribution is 6.04. The minimum absolute atomic E-state index is 0.283. The summed E-state index contributed by atoms with van der Waals surface area (Å²) in [5.41, 5.74) is -1.35. The average molecular weight is 309 g/mol. The maximum Gasteiger partial charge on any atom is 0.411 e. The molecule has 1 amide bonds. The largest absolute Gasteiger partial charge is 0.465 e. The Morgan fingerprint density at radius 1 is 1.32 bits per heavy atom. The molecule has 0 radical (unpaired) electrons. The molecular formula is C14H12FNO6. The van der Waals surface area contributed by atoms with Gasteiger partial charge in [-0.25, -0.2) is 9.18 Å². The smallest absolute Gasteiger partial charge is 0.411 e. The number of carboxylic acid groups (broad SMARTS) is 1. The maximum atomic E-state index is 13.0. The van der Waals surface area contributed by atoms with Crippen molar-refractivity contribution in [2.24, 2.45) is 0 Å². The van der Waals surface area contributed by atoms with E-state index in [0.717, 1.165) is 19.1 Å². The van der Waals surface area contributed by atoms with Gasteiger partial charge in [-0.2, -0.15) is 0 Å². The van der Waals surface area contributed by atoms with Crippen molar-refractivity contribution >= 4 is 17.8 Å². The molecule has 7 nitrogen and oxygen atoms in total. The van der Waals surface area contributed by atoms with Crippen molar-refractivity contribution in [2.45, 2.75) is 19.4 Å². The Kier molecular flexibility index (Phi) is 3.85. The number of hydrogen-bond acceptors (Lipinski definition) is 5. The number of rotatable bonds is 3. The number of esters is 1. The van der Waals surface area contributed by atoms with Gasteiger partial charge in [-0.3, -0.25) is 14.9 Å². The van der Waals surface area contributed by atoms with E-state index in [1.54, 1.807) is 0 Å². The minimum atomic E-state index is -1.63. The van der Waals surface area contributed by atoms with Crippen LogP contribution in [0, 0.1) is 5.82 Å². The molecular weight excluding hydrogens is 297 g/mol. The predicted octanol–water partition coefficient (Wildman–Crippen LogP) is 1.64. The molecule has 2 N–H and O–H groups in total. The van der Waals surface area contributed by atoms with Crippen LogP contribution in [0.5, 0.6) is 0 Å².